The Kier molecular flexibility index (Phi) is 12.5. The van der Waals surface area contributed by atoms with Gasteiger partial charge in [-0.05, 0) is 44.0 Å². The van der Waals surface area contributed by atoms with Crippen molar-refractivity contribution in [2.75, 3.05) is 33.7 Å². The number of epoxide rings is 1. The lowest BCUT2D eigenvalue weighted by Gasteiger charge is -2.42. The van der Waals surface area contributed by atoms with Crippen LogP contribution in [0.4, 0.5) is 10.5 Å². The Morgan fingerprint density at radius 1 is 1.14 bits per heavy atom. The summed E-state index contributed by atoms with van der Waals surface area (Å²) in [7, 11) is 5.90. The zero-order chi connectivity index (χ0) is 38.0. The maximum Gasteiger partial charge on any atom is 0.409 e. The van der Waals surface area contributed by atoms with E-state index >= 15 is 0 Å². The average Bonchev–Trinajstić information content (AvgIpc) is 3.77. The fraction of sp³-hybridized carbons (Fsp3) is 0.611. The van der Waals surface area contributed by atoms with Gasteiger partial charge in [0.2, 0.25) is 11.8 Å². The first-order valence-corrected chi connectivity index (χ1v) is 17.2. The second kappa shape index (κ2) is 15.9. The SMILES string of the molecule is COc1cc2cc(c1Cl)NC(=O)CC(OC(=O)C(C)N(C)C(=O)C(C)C)C1(C)OC1C(C)C1CC(O)(NC(=O)O1)C(OC)C=CC=C(C)C2OC. The molecule has 0 saturated carbocycles. The highest BCUT2D eigenvalue weighted by Gasteiger charge is 2.64. The van der Waals surface area contributed by atoms with Crippen LogP contribution in [0, 0.1) is 11.8 Å². The molecule has 3 heterocycles. The van der Waals surface area contributed by atoms with Gasteiger partial charge in [0.25, 0.3) is 0 Å². The van der Waals surface area contributed by atoms with Crippen molar-refractivity contribution in [3.8, 4) is 5.75 Å². The Morgan fingerprint density at radius 3 is 2.43 bits per heavy atom. The van der Waals surface area contributed by atoms with Gasteiger partial charge in [-0.2, -0.15) is 0 Å². The van der Waals surface area contributed by atoms with E-state index in [1.807, 2.05) is 6.92 Å². The highest BCUT2D eigenvalue weighted by atomic mass is 35.5. The van der Waals surface area contributed by atoms with Gasteiger partial charge in [0.15, 0.2) is 5.72 Å². The monoisotopic (exact) mass is 735 g/mol. The van der Waals surface area contributed by atoms with Gasteiger partial charge in [0.1, 0.15) is 46.8 Å². The number of fused-ring (bicyclic) bond motifs is 5. The van der Waals surface area contributed by atoms with E-state index < -0.39 is 71.8 Å². The lowest BCUT2D eigenvalue weighted by Crippen LogP contribution is -2.63. The predicted octanol–water partition coefficient (Wildman–Crippen LogP) is 4.29. The maximum absolute atomic E-state index is 13.8. The Labute approximate surface area is 303 Å². The van der Waals surface area contributed by atoms with Crippen molar-refractivity contribution < 1.29 is 52.7 Å². The van der Waals surface area contributed by atoms with Crippen molar-refractivity contribution >= 4 is 41.2 Å². The molecule has 9 unspecified atom stereocenters. The molecule has 3 aliphatic heterocycles. The van der Waals surface area contributed by atoms with Gasteiger partial charge in [-0.1, -0.05) is 50.6 Å². The molecule has 9 atom stereocenters. The van der Waals surface area contributed by atoms with Crippen LogP contribution in [0.1, 0.15) is 66.1 Å². The van der Waals surface area contributed by atoms with Gasteiger partial charge in [-0.3, -0.25) is 14.9 Å². The van der Waals surface area contributed by atoms with Crippen molar-refractivity contribution in [2.45, 2.75) is 102 Å². The van der Waals surface area contributed by atoms with E-state index in [1.165, 1.54) is 33.3 Å². The van der Waals surface area contributed by atoms with Crippen LogP contribution in [0.2, 0.25) is 5.02 Å². The van der Waals surface area contributed by atoms with Crippen LogP contribution in [0.25, 0.3) is 0 Å². The minimum Gasteiger partial charge on any atom is -0.495 e. The average molecular weight is 736 g/mol. The molecule has 4 rings (SSSR count). The number of nitrogens with zero attached hydrogens (tertiary/aromatic N) is 1. The fourth-order valence-corrected chi connectivity index (χ4v) is 6.93. The Balaban J connectivity index is 1.80. The number of aliphatic hydroxyl groups is 1. The number of nitrogens with one attached hydrogen (secondary N) is 2. The molecule has 3 amide bonds. The van der Waals surface area contributed by atoms with Crippen LogP contribution in [-0.4, -0.2) is 104 Å². The summed E-state index contributed by atoms with van der Waals surface area (Å²) in [4.78, 5) is 54.2. The Morgan fingerprint density at radius 2 is 1.82 bits per heavy atom. The number of benzene rings is 1. The summed E-state index contributed by atoms with van der Waals surface area (Å²) in [6, 6.07) is 2.38. The van der Waals surface area contributed by atoms with Gasteiger partial charge in [-0.25, -0.2) is 9.59 Å². The molecule has 0 aromatic heterocycles. The molecule has 1 aromatic carbocycles. The first-order chi connectivity index (χ1) is 23.9. The summed E-state index contributed by atoms with van der Waals surface area (Å²) < 4.78 is 34.8. The van der Waals surface area contributed by atoms with Crippen molar-refractivity contribution in [1.82, 2.24) is 10.2 Å². The van der Waals surface area contributed by atoms with E-state index in [9.17, 15) is 24.3 Å². The predicted molar refractivity (Wildman–Crippen MR) is 187 cm³/mol. The van der Waals surface area contributed by atoms with Gasteiger partial charge in [0, 0.05) is 39.5 Å². The summed E-state index contributed by atoms with van der Waals surface area (Å²) >= 11 is 6.67. The normalized spacial score (nSPS) is 31.7. The van der Waals surface area contributed by atoms with Gasteiger partial charge >= 0.3 is 12.1 Å². The second-order valence-electron chi connectivity index (χ2n) is 13.9. The third-order valence-electron chi connectivity index (χ3n) is 9.95. The molecule has 3 aliphatic rings. The molecule has 4 bridgehead atoms. The quantitative estimate of drug-likeness (QED) is 0.269. The van der Waals surface area contributed by atoms with Crippen molar-refractivity contribution in [3.05, 3.63) is 46.5 Å². The summed E-state index contributed by atoms with van der Waals surface area (Å²) in [5.41, 5.74) is -1.50. The number of halogens is 1. The number of methoxy groups -OCH3 is 3. The van der Waals surface area contributed by atoms with E-state index in [1.54, 1.807) is 65.0 Å². The van der Waals surface area contributed by atoms with Crippen LogP contribution in [-0.2, 0) is 38.1 Å². The standard InChI is InChI=1S/C36H50ClN3O11/c1-18(2)32(42)40(7)21(5)33(43)50-27-16-28(41)38-23-14-22(15-24(46-8)29(23)37)30(48-10)19(3)12-11-13-26(47-9)36(45)17-25(49-34(44)39-36)20(4)31-35(27,6)51-31/h11-15,18,20-21,25-27,30-31,45H,16-17H2,1-10H3,(H,38,41)(H,39,44). The topological polar surface area (TPSA) is 174 Å². The van der Waals surface area contributed by atoms with E-state index in [4.69, 9.17) is 40.0 Å². The fourth-order valence-electron chi connectivity index (χ4n) is 6.70. The lowest BCUT2D eigenvalue weighted by atomic mass is 9.83. The van der Waals surface area contributed by atoms with Crippen LogP contribution in [0.15, 0.2) is 35.9 Å². The number of carbonyl (C=O) groups is 4. The highest BCUT2D eigenvalue weighted by molar-refractivity contribution is 6.35. The minimum atomic E-state index is -1.86. The lowest BCUT2D eigenvalue weighted by molar-refractivity contribution is -0.162. The second-order valence-corrected chi connectivity index (χ2v) is 14.3. The number of carbonyl (C=O) groups excluding carboxylic acids is 4. The molecule has 3 N–H and O–H groups in total. The van der Waals surface area contributed by atoms with E-state index in [0.29, 0.717) is 5.56 Å². The van der Waals surface area contributed by atoms with Gasteiger partial charge < -0.3 is 43.7 Å². The van der Waals surface area contributed by atoms with E-state index in [0.717, 1.165) is 5.57 Å². The summed E-state index contributed by atoms with van der Waals surface area (Å²) in [6.07, 6.45) is -0.500. The number of allylic oxidation sites excluding steroid dienone is 2. The Hall–Kier alpha value is -3.69. The number of amides is 3. The smallest absolute Gasteiger partial charge is 0.409 e. The molecule has 2 saturated heterocycles. The summed E-state index contributed by atoms with van der Waals surface area (Å²) in [5, 5.41) is 17.2. The molecule has 2 fully saturated rings. The molecule has 15 heteroatoms. The summed E-state index contributed by atoms with van der Waals surface area (Å²) in [5.74, 6) is -2.17. The van der Waals surface area contributed by atoms with E-state index in [-0.39, 0.29) is 41.1 Å². The number of hydrogen-bond acceptors (Lipinski definition) is 11. The molecule has 0 spiro atoms. The number of rotatable bonds is 7. The summed E-state index contributed by atoms with van der Waals surface area (Å²) in [6.45, 7) is 10.3. The van der Waals surface area contributed by atoms with Gasteiger partial charge in [0.05, 0.1) is 25.3 Å². The number of hydrogen-bond donors (Lipinski definition) is 3. The third-order valence-corrected chi connectivity index (χ3v) is 10.3. The number of alkyl carbamates (subject to hydrolysis) is 1. The van der Waals surface area contributed by atoms with Gasteiger partial charge in [-0.15, -0.1) is 0 Å². The molecule has 282 valence electrons. The number of anilines is 1. The van der Waals surface area contributed by atoms with Crippen LogP contribution in [0.5, 0.6) is 5.75 Å². The largest absolute Gasteiger partial charge is 0.495 e. The molecular formula is C36H50ClN3O11. The van der Waals surface area contributed by atoms with Crippen LogP contribution >= 0.6 is 11.6 Å². The Bertz CT molecular complexity index is 1570. The van der Waals surface area contributed by atoms with Crippen LogP contribution < -0.4 is 15.4 Å². The minimum absolute atomic E-state index is 0.0731. The van der Waals surface area contributed by atoms with Crippen molar-refractivity contribution in [1.29, 1.82) is 0 Å². The molecule has 0 radical (unpaired) electrons. The van der Waals surface area contributed by atoms with Crippen molar-refractivity contribution in [3.63, 3.8) is 0 Å². The molecular weight excluding hydrogens is 686 g/mol. The maximum atomic E-state index is 13.8. The zero-order valence-corrected chi connectivity index (χ0v) is 31.5. The first-order valence-electron chi connectivity index (χ1n) is 16.8. The zero-order valence-electron chi connectivity index (χ0n) is 30.8. The third kappa shape index (κ3) is 8.52. The molecule has 1 aromatic rings. The number of likely N-dealkylation sites (N-methyl/N-ethyl adjacent to an activating group) is 1. The van der Waals surface area contributed by atoms with E-state index in [2.05, 4.69) is 10.6 Å². The first kappa shape index (κ1) is 40.1. The number of ether oxygens (including phenoxy) is 6. The molecule has 0 aliphatic carbocycles. The highest BCUT2D eigenvalue weighted by Crippen LogP contribution is 2.49. The van der Waals surface area contributed by atoms with Crippen LogP contribution in [0.3, 0.4) is 0 Å². The molecule has 51 heavy (non-hydrogen) atoms. The number of esters is 1. The molecule has 14 nitrogen and oxygen atoms in total. The van der Waals surface area contributed by atoms with Crippen molar-refractivity contribution in [2.24, 2.45) is 11.8 Å².